The van der Waals surface area contributed by atoms with Gasteiger partial charge in [-0.2, -0.15) is 0 Å². The van der Waals surface area contributed by atoms with Gasteiger partial charge in [-0.05, 0) is 32.6 Å². The van der Waals surface area contributed by atoms with Gasteiger partial charge in [-0.3, -0.25) is 4.79 Å². The lowest BCUT2D eigenvalue weighted by atomic mass is 10.1. The van der Waals surface area contributed by atoms with E-state index in [2.05, 4.69) is 6.92 Å². The molecule has 0 spiro atoms. The molecular formula is C10H18N2OS. The van der Waals surface area contributed by atoms with Gasteiger partial charge in [0, 0.05) is 13.1 Å². The Morgan fingerprint density at radius 3 is 2.36 bits per heavy atom. The number of carbonyl (C=O) groups is 1. The molecule has 14 heavy (non-hydrogen) atoms. The largest absolute Gasteiger partial charge is 0.393 e. The van der Waals surface area contributed by atoms with Crippen LogP contribution in [0.2, 0.25) is 0 Å². The lowest BCUT2D eigenvalue weighted by Crippen LogP contribution is -2.42. The van der Waals surface area contributed by atoms with Crippen LogP contribution in [0, 0.1) is 11.8 Å². The number of carbonyl (C=O) groups excluding carboxylic acids is 1. The first-order valence-corrected chi connectivity index (χ1v) is 5.42. The molecule has 1 aliphatic carbocycles. The Morgan fingerprint density at radius 2 is 2.00 bits per heavy atom. The fourth-order valence-electron chi connectivity index (χ4n) is 1.52. The van der Waals surface area contributed by atoms with Crippen molar-refractivity contribution in [2.45, 2.75) is 32.7 Å². The highest BCUT2D eigenvalue weighted by Gasteiger charge is 2.34. The van der Waals surface area contributed by atoms with Crippen molar-refractivity contribution in [3.05, 3.63) is 0 Å². The van der Waals surface area contributed by atoms with Crippen molar-refractivity contribution in [1.82, 2.24) is 4.90 Å². The van der Waals surface area contributed by atoms with Crippen LogP contribution >= 0.6 is 12.2 Å². The Kier molecular flexibility index (Phi) is 3.48. The third-order valence-corrected chi connectivity index (χ3v) is 3.41. The molecule has 0 saturated heterocycles. The molecule has 1 fully saturated rings. The third-order valence-electron chi connectivity index (χ3n) is 3.06. The second-order valence-electron chi connectivity index (χ2n) is 4.15. The van der Waals surface area contributed by atoms with E-state index in [0.29, 0.717) is 12.0 Å². The van der Waals surface area contributed by atoms with Crippen LogP contribution in [0.15, 0.2) is 0 Å². The number of nitrogens with two attached hydrogens (primary N) is 1. The predicted octanol–water partition coefficient (Wildman–Crippen LogP) is 1.17. The average molecular weight is 214 g/mol. The van der Waals surface area contributed by atoms with Crippen LogP contribution in [0.4, 0.5) is 0 Å². The minimum atomic E-state index is -0.337. The van der Waals surface area contributed by atoms with Gasteiger partial charge in [0.25, 0.3) is 0 Å². The summed E-state index contributed by atoms with van der Waals surface area (Å²) in [5.74, 6) is 0.385. The van der Waals surface area contributed by atoms with Gasteiger partial charge in [-0.25, -0.2) is 0 Å². The van der Waals surface area contributed by atoms with Gasteiger partial charge in [0.05, 0.1) is 10.9 Å². The highest BCUT2D eigenvalue weighted by atomic mass is 32.1. The number of nitrogens with zero attached hydrogens (tertiary/aromatic N) is 1. The minimum absolute atomic E-state index is 0.0388. The maximum atomic E-state index is 11.8. The van der Waals surface area contributed by atoms with Crippen LogP contribution in [-0.4, -0.2) is 28.9 Å². The molecule has 0 aromatic carbocycles. The average Bonchev–Trinajstić information content (AvgIpc) is 2.96. The zero-order valence-electron chi connectivity index (χ0n) is 8.99. The SMILES string of the molecule is CC(C(=O)N(C)C(C)C1CC1)C(N)=S. The van der Waals surface area contributed by atoms with Gasteiger partial charge in [0.15, 0.2) is 0 Å². The van der Waals surface area contributed by atoms with Gasteiger partial charge in [-0.1, -0.05) is 12.2 Å². The van der Waals surface area contributed by atoms with E-state index in [-0.39, 0.29) is 16.8 Å². The molecule has 0 aromatic heterocycles. The van der Waals surface area contributed by atoms with Crippen molar-refractivity contribution in [3.63, 3.8) is 0 Å². The van der Waals surface area contributed by atoms with Crippen LogP contribution in [0.5, 0.6) is 0 Å². The quantitative estimate of drug-likeness (QED) is 0.714. The first kappa shape index (κ1) is 11.4. The second-order valence-corrected chi connectivity index (χ2v) is 4.62. The van der Waals surface area contributed by atoms with Crippen molar-refractivity contribution < 1.29 is 4.79 Å². The van der Waals surface area contributed by atoms with E-state index >= 15 is 0 Å². The molecule has 2 unspecified atom stereocenters. The summed E-state index contributed by atoms with van der Waals surface area (Å²) in [5, 5.41) is 0. The number of thiocarbonyl (C=S) groups is 1. The summed E-state index contributed by atoms with van der Waals surface area (Å²) in [6.45, 7) is 3.85. The predicted molar refractivity (Wildman–Crippen MR) is 60.9 cm³/mol. The van der Waals surface area contributed by atoms with Gasteiger partial charge in [0.1, 0.15) is 0 Å². The summed E-state index contributed by atoms with van der Waals surface area (Å²) < 4.78 is 0. The number of amides is 1. The van der Waals surface area contributed by atoms with Gasteiger partial charge < -0.3 is 10.6 Å². The van der Waals surface area contributed by atoms with Crippen molar-refractivity contribution >= 4 is 23.1 Å². The number of rotatable bonds is 4. The van der Waals surface area contributed by atoms with Crippen LogP contribution in [0.3, 0.4) is 0 Å². The Labute approximate surface area is 90.6 Å². The standard InChI is InChI=1S/C10H18N2OS/c1-6(9(11)14)10(13)12(3)7(2)8-4-5-8/h6-8H,4-5H2,1-3H3,(H2,11,14). The molecule has 1 saturated carbocycles. The van der Waals surface area contributed by atoms with Crippen LogP contribution in [0.25, 0.3) is 0 Å². The fraction of sp³-hybridized carbons (Fsp3) is 0.800. The molecule has 4 heteroatoms. The molecular weight excluding hydrogens is 196 g/mol. The first-order chi connectivity index (χ1) is 6.45. The number of hydrogen-bond acceptors (Lipinski definition) is 2. The van der Waals surface area contributed by atoms with Crippen molar-refractivity contribution in [2.75, 3.05) is 7.05 Å². The molecule has 1 aliphatic rings. The molecule has 0 bridgehead atoms. The summed E-state index contributed by atoms with van der Waals surface area (Å²) in [6.07, 6.45) is 2.47. The zero-order chi connectivity index (χ0) is 10.9. The molecule has 80 valence electrons. The summed E-state index contributed by atoms with van der Waals surface area (Å²) in [4.78, 5) is 13.9. The Balaban J connectivity index is 2.54. The van der Waals surface area contributed by atoms with Crippen molar-refractivity contribution in [2.24, 2.45) is 17.6 Å². The summed E-state index contributed by atoms with van der Waals surface area (Å²) in [5.41, 5.74) is 5.45. The molecule has 2 atom stereocenters. The lowest BCUT2D eigenvalue weighted by Gasteiger charge is -2.27. The van der Waals surface area contributed by atoms with E-state index in [1.165, 1.54) is 12.8 Å². The molecule has 3 nitrogen and oxygen atoms in total. The van der Waals surface area contributed by atoms with E-state index in [0.717, 1.165) is 0 Å². The molecule has 0 aromatic rings. The smallest absolute Gasteiger partial charge is 0.232 e. The molecule has 1 amide bonds. The normalized spacial score (nSPS) is 19.9. The zero-order valence-corrected chi connectivity index (χ0v) is 9.80. The van der Waals surface area contributed by atoms with Crippen LogP contribution in [0.1, 0.15) is 26.7 Å². The monoisotopic (exact) mass is 214 g/mol. The van der Waals surface area contributed by atoms with Gasteiger partial charge >= 0.3 is 0 Å². The molecule has 1 rings (SSSR count). The minimum Gasteiger partial charge on any atom is -0.393 e. The molecule has 2 N–H and O–H groups in total. The Hall–Kier alpha value is -0.640. The summed E-state index contributed by atoms with van der Waals surface area (Å²) >= 11 is 4.81. The first-order valence-electron chi connectivity index (χ1n) is 5.01. The fourth-order valence-corrected chi connectivity index (χ4v) is 1.62. The maximum Gasteiger partial charge on any atom is 0.232 e. The van der Waals surface area contributed by atoms with E-state index in [1.54, 1.807) is 11.8 Å². The van der Waals surface area contributed by atoms with Crippen LogP contribution in [-0.2, 0) is 4.79 Å². The second kappa shape index (κ2) is 4.26. The highest BCUT2D eigenvalue weighted by molar-refractivity contribution is 7.80. The van der Waals surface area contributed by atoms with E-state index < -0.39 is 0 Å². The van der Waals surface area contributed by atoms with Gasteiger partial charge in [-0.15, -0.1) is 0 Å². The number of hydrogen-bond donors (Lipinski definition) is 1. The van der Waals surface area contributed by atoms with Crippen molar-refractivity contribution in [3.8, 4) is 0 Å². The van der Waals surface area contributed by atoms with E-state index in [1.807, 2.05) is 7.05 Å². The lowest BCUT2D eigenvalue weighted by molar-refractivity contribution is -0.133. The molecule has 0 aliphatic heterocycles. The van der Waals surface area contributed by atoms with Gasteiger partial charge in [0.2, 0.25) is 5.91 Å². The third kappa shape index (κ3) is 2.44. The summed E-state index contributed by atoms with van der Waals surface area (Å²) in [6, 6.07) is 0.319. The Bertz CT molecular complexity index is 251. The van der Waals surface area contributed by atoms with Crippen LogP contribution < -0.4 is 5.73 Å². The summed E-state index contributed by atoms with van der Waals surface area (Å²) in [7, 11) is 1.83. The van der Waals surface area contributed by atoms with E-state index in [4.69, 9.17) is 18.0 Å². The maximum absolute atomic E-state index is 11.8. The topological polar surface area (TPSA) is 46.3 Å². The van der Waals surface area contributed by atoms with E-state index in [9.17, 15) is 4.79 Å². The van der Waals surface area contributed by atoms with Crippen molar-refractivity contribution in [1.29, 1.82) is 0 Å². The molecule has 0 heterocycles. The molecule has 0 radical (unpaired) electrons. The highest BCUT2D eigenvalue weighted by Crippen LogP contribution is 2.34. The Morgan fingerprint density at radius 1 is 1.50 bits per heavy atom.